The molecule has 0 saturated heterocycles. The molecule has 0 aliphatic carbocycles. The molecule has 1 atom stereocenters. The molecule has 3 heteroatoms. The molecule has 0 aliphatic heterocycles. The Bertz CT molecular complexity index is 627. The largest absolute Gasteiger partial charge is 0.484 e. The minimum absolute atomic E-state index is 0.0269. The lowest BCUT2D eigenvalue weighted by Crippen LogP contribution is -2.31. The summed E-state index contributed by atoms with van der Waals surface area (Å²) >= 11 is 0. The van der Waals surface area contributed by atoms with E-state index in [1.807, 2.05) is 64.1 Å². The summed E-state index contributed by atoms with van der Waals surface area (Å²) in [6, 6.07) is 14.1. The van der Waals surface area contributed by atoms with Crippen LogP contribution in [0.25, 0.3) is 0 Å². The predicted molar refractivity (Wildman–Crippen MR) is 89.1 cm³/mol. The Hall–Kier alpha value is -2.29. The minimum Gasteiger partial charge on any atom is -0.484 e. The van der Waals surface area contributed by atoms with Crippen molar-refractivity contribution in [1.82, 2.24) is 5.32 Å². The van der Waals surface area contributed by atoms with Crippen LogP contribution in [-0.4, -0.2) is 12.5 Å². The van der Waals surface area contributed by atoms with Crippen LogP contribution in [0.15, 0.2) is 42.5 Å². The number of carbonyl (C=O) groups is 1. The van der Waals surface area contributed by atoms with Crippen LogP contribution in [0.4, 0.5) is 0 Å². The molecule has 2 aromatic carbocycles. The van der Waals surface area contributed by atoms with Gasteiger partial charge in [-0.15, -0.1) is 0 Å². The van der Waals surface area contributed by atoms with Gasteiger partial charge >= 0.3 is 0 Å². The summed E-state index contributed by atoms with van der Waals surface area (Å²) in [5.74, 6) is 0.614. The first kappa shape index (κ1) is 16.1. The Balaban J connectivity index is 1.88. The van der Waals surface area contributed by atoms with Gasteiger partial charge in [-0.1, -0.05) is 35.9 Å². The van der Waals surface area contributed by atoms with Crippen molar-refractivity contribution in [2.75, 3.05) is 6.61 Å². The zero-order chi connectivity index (χ0) is 16.1. The molecule has 0 radical (unpaired) electrons. The van der Waals surface area contributed by atoms with Crippen LogP contribution >= 0.6 is 0 Å². The van der Waals surface area contributed by atoms with Crippen LogP contribution in [0.2, 0.25) is 0 Å². The predicted octanol–water partition coefficient (Wildman–Crippen LogP) is 3.87. The monoisotopic (exact) mass is 297 g/mol. The maximum Gasteiger partial charge on any atom is 0.258 e. The van der Waals surface area contributed by atoms with Crippen LogP contribution < -0.4 is 10.1 Å². The molecular weight excluding hydrogens is 274 g/mol. The molecule has 0 heterocycles. The standard InChI is InChI=1S/C19H23NO2/c1-13-5-7-17(8-6-13)16(4)20-19(21)12-22-18-10-14(2)9-15(3)11-18/h5-11,16H,12H2,1-4H3,(H,20,21). The lowest BCUT2D eigenvalue weighted by Gasteiger charge is -2.15. The molecular formula is C19H23NO2. The first-order chi connectivity index (χ1) is 10.4. The van der Waals surface area contributed by atoms with E-state index in [9.17, 15) is 4.79 Å². The Morgan fingerprint density at radius 2 is 1.59 bits per heavy atom. The highest BCUT2D eigenvalue weighted by Crippen LogP contribution is 2.16. The van der Waals surface area contributed by atoms with E-state index in [0.29, 0.717) is 0 Å². The molecule has 1 amide bonds. The average molecular weight is 297 g/mol. The molecule has 0 aliphatic rings. The van der Waals surface area contributed by atoms with Crippen molar-refractivity contribution in [1.29, 1.82) is 0 Å². The zero-order valence-corrected chi connectivity index (χ0v) is 13.6. The normalized spacial score (nSPS) is 11.8. The quantitative estimate of drug-likeness (QED) is 0.910. The fourth-order valence-electron chi connectivity index (χ4n) is 2.39. The van der Waals surface area contributed by atoms with Gasteiger partial charge in [0.25, 0.3) is 5.91 Å². The molecule has 0 saturated carbocycles. The Morgan fingerprint density at radius 3 is 2.18 bits per heavy atom. The number of amides is 1. The third-order valence-electron chi connectivity index (χ3n) is 3.52. The number of nitrogens with one attached hydrogen (secondary N) is 1. The summed E-state index contributed by atoms with van der Waals surface area (Å²) in [4.78, 5) is 12.0. The summed E-state index contributed by atoms with van der Waals surface area (Å²) in [7, 11) is 0. The van der Waals surface area contributed by atoms with Gasteiger partial charge in [0.15, 0.2) is 6.61 Å². The zero-order valence-electron chi connectivity index (χ0n) is 13.6. The molecule has 0 bridgehead atoms. The highest BCUT2D eigenvalue weighted by molar-refractivity contribution is 5.78. The van der Waals surface area contributed by atoms with E-state index in [1.54, 1.807) is 0 Å². The molecule has 1 N–H and O–H groups in total. The summed E-state index contributed by atoms with van der Waals surface area (Å²) in [6.07, 6.45) is 0. The molecule has 3 nitrogen and oxygen atoms in total. The van der Waals surface area contributed by atoms with Gasteiger partial charge < -0.3 is 10.1 Å². The summed E-state index contributed by atoms with van der Waals surface area (Å²) < 4.78 is 5.57. The number of rotatable bonds is 5. The number of aryl methyl sites for hydroxylation is 3. The van der Waals surface area contributed by atoms with Gasteiger partial charge in [0.1, 0.15) is 5.75 Å². The second-order valence-electron chi connectivity index (χ2n) is 5.81. The lowest BCUT2D eigenvalue weighted by atomic mass is 10.1. The van der Waals surface area contributed by atoms with Gasteiger partial charge in [0.05, 0.1) is 6.04 Å². The third kappa shape index (κ3) is 4.62. The molecule has 22 heavy (non-hydrogen) atoms. The minimum atomic E-state index is -0.118. The number of ether oxygens (including phenoxy) is 1. The van der Waals surface area contributed by atoms with E-state index in [4.69, 9.17) is 4.74 Å². The fourth-order valence-corrected chi connectivity index (χ4v) is 2.39. The number of hydrogen-bond acceptors (Lipinski definition) is 2. The van der Waals surface area contributed by atoms with Crippen molar-refractivity contribution in [3.05, 3.63) is 64.7 Å². The Morgan fingerprint density at radius 1 is 1.00 bits per heavy atom. The van der Waals surface area contributed by atoms with Crippen molar-refractivity contribution in [2.24, 2.45) is 0 Å². The van der Waals surface area contributed by atoms with E-state index in [2.05, 4.69) is 11.4 Å². The van der Waals surface area contributed by atoms with Crippen molar-refractivity contribution < 1.29 is 9.53 Å². The smallest absolute Gasteiger partial charge is 0.258 e. The first-order valence-corrected chi connectivity index (χ1v) is 7.51. The SMILES string of the molecule is Cc1ccc(C(C)NC(=O)COc2cc(C)cc(C)c2)cc1. The summed E-state index contributed by atoms with van der Waals surface area (Å²) in [5, 5.41) is 2.95. The third-order valence-corrected chi connectivity index (χ3v) is 3.52. The first-order valence-electron chi connectivity index (χ1n) is 7.51. The number of benzene rings is 2. The topological polar surface area (TPSA) is 38.3 Å². The van der Waals surface area contributed by atoms with Crippen molar-refractivity contribution in [2.45, 2.75) is 33.7 Å². The molecule has 2 aromatic rings. The van der Waals surface area contributed by atoms with Crippen LogP contribution in [0.1, 0.15) is 35.2 Å². The van der Waals surface area contributed by atoms with E-state index in [-0.39, 0.29) is 18.6 Å². The van der Waals surface area contributed by atoms with Gasteiger partial charge in [-0.05, 0) is 56.5 Å². The van der Waals surface area contributed by atoms with Crippen molar-refractivity contribution in [3.63, 3.8) is 0 Å². The maximum absolute atomic E-state index is 12.0. The Kier molecular flexibility index (Phi) is 5.21. The van der Waals surface area contributed by atoms with Gasteiger partial charge in [0, 0.05) is 0 Å². The Labute approximate surface area is 132 Å². The molecule has 1 unspecified atom stereocenters. The molecule has 0 aromatic heterocycles. The van der Waals surface area contributed by atoms with E-state index in [0.717, 1.165) is 22.4 Å². The van der Waals surface area contributed by atoms with Crippen LogP contribution in [0.5, 0.6) is 5.75 Å². The molecule has 0 spiro atoms. The van der Waals surface area contributed by atoms with E-state index in [1.165, 1.54) is 5.56 Å². The highest BCUT2D eigenvalue weighted by atomic mass is 16.5. The van der Waals surface area contributed by atoms with Crippen LogP contribution in [-0.2, 0) is 4.79 Å². The lowest BCUT2D eigenvalue weighted by molar-refractivity contribution is -0.123. The summed E-state index contributed by atoms with van der Waals surface area (Å²) in [6.45, 7) is 8.07. The van der Waals surface area contributed by atoms with Crippen molar-refractivity contribution >= 4 is 5.91 Å². The summed E-state index contributed by atoms with van der Waals surface area (Å²) in [5.41, 5.74) is 4.55. The molecule has 0 fully saturated rings. The van der Waals surface area contributed by atoms with Gasteiger partial charge in [0.2, 0.25) is 0 Å². The van der Waals surface area contributed by atoms with Gasteiger partial charge in [-0.25, -0.2) is 0 Å². The molecule has 116 valence electrons. The second kappa shape index (κ2) is 7.12. The van der Waals surface area contributed by atoms with E-state index < -0.39 is 0 Å². The second-order valence-corrected chi connectivity index (χ2v) is 5.81. The van der Waals surface area contributed by atoms with Crippen LogP contribution in [0, 0.1) is 20.8 Å². The van der Waals surface area contributed by atoms with E-state index >= 15 is 0 Å². The van der Waals surface area contributed by atoms with Gasteiger partial charge in [-0.3, -0.25) is 4.79 Å². The van der Waals surface area contributed by atoms with Crippen molar-refractivity contribution in [3.8, 4) is 5.75 Å². The number of hydrogen-bond donors (Lipinski definition) is 1. The number of carbonyl (C=O) groups excluding carboxylic acids is 1. The fraction of sp³-hybridized carbons (Fsp3) is 0.316. The maximum atomic E-state index is 12.0. The molecule has 2 rings (SSSR count). The van der Waals surface area contributed by atoms with Gasteiger partial charge in [-0.2, -0.15) is 0 Å². The van der Waals surface area contributed by atoms with Crippen LogP contribution in [0.3, 0.4) is 0 Å². The highest BCUT2D eigenvalue weighted by Gasteiger charge is 2.10. The average Bonchev–Trinajstić information content (AvgIpc) is 2.45.